The van der Waals surface area contributed by atoms with Gasteiger partial charge in [-0.15, -0.1) is 0 Å². The van der Waals surface area contributed by atoms with E-state index in [0.717, 1.165) is 10.7 Å². The Morgan fingerprint density at radius 1 is 1.00 bits per heavy atom. The third-order valence-electron chi connectivity index (χ3n) is 3.27. The number of hydrogen-bond acceptors (Lipinski definition) is 2. The summed E-state index contributed by atoms with van der Waals surface area (Å²) in [5.41, 5.74) is -0.558. The van der Waals surface area contributed by atoms with Crippen molar-refractivity contribution in [1.82, 2.24) is 9.78 Å². The predicted octanol–water partition coefficient (Wildman–Crippen LogP) is 4.42. The number of halogens is 4. The molecule has 0 saturated carbocycles. The highest BCUT2D eigenvalue weighted by Gasteiger charge is 2.23. The summed E-state index contributed by atoms with van der Waals surface area (Å²) < 4.78 is 42.2. The lowest BCUT2D eigenvalue weighted by atomic mass is 10.1. The first-order valence-electron chi connectivity index (χ1n) is 6.47. The number of carbonyl (C=O) groups excluding carboxylic acids is 1. The van der Waals surface area contributed by atoms with E-state index in [0.29, 0.717) is 6.29 Å². The summed E-state index contributed by atoms with van der Waals surface area (Å²) in [5.74, 6) is -2.87. The SMILES string of the molecule is O=Cc1c(-c2cccc(F)c2F)nn(-c2ccccc2F)c1Cl. The van der Waals surface area contributed by atoms with E-state index in [9.17, 15) is 18.0 Å². The van der Waals surface area contributed by atoms with Gasteiger partial charge in [-0.25, -0.2) is 17.9 Å². The number of carbonyl (C=O) groups is 1. The Hall–Kier alpha value is -2.60. The molecule has 3 rings (SSSR count). The zero-order valence-electron chi connectivity index (χ0n) is 11.4. The van der Waals surface area contributed by atoms with Gasteiger partial charge in [0, 0.05) is 5.56 Å². The molecular weight excluding hydrogens is 329 g/mol. The highest BCUT2D eigenvalue weighted by Crippen LogP contribution is 2.32. The van der Waals surface area contributed by atoms with Crippen molar-refractivity contribution in [2.75, 3.05) is 0 Å². The van der Waals surface area contributed by atoms with E-state index < -0.39 is 17.5 Å². The summed E-state index contributed by atoms with van der Waals surface area (Å²) in [4.78, 5) is 11.3. The fraction of sp³-hybridized carbons (Fsp3) is 0. The Morgan fingerprint density at radius 3 is 2.39 bits per heavy atom. The normalized spacial score (nSPS) is 10.8. The van der Waals surface area contributed by atoms with Gasteiger partial charge in [-0.3, -0.25) is 4.79 Å². The number of hydrogen-bond donors (Lipinski definition) is 0. The van der Waals surface area contributed by atoms with Crippen molar-refractivity contribution in [2.45, 2.75) is 0 Å². The van der Waals surface area contributed by atoms with Crippen LogP contribution < -0.4 is 0 Å². The Balaban J connectivity index is 2.28. The quantitative estimate of drug-likeness (QED) is 0.663. The highest BCUT2D eigenvalue weighted by atomic mass is 35.5. The monoisotopic (exact) mass is 336 g/mol. The van der Waals surface area contributed by atoms with Crippen LogP contribution in [0.5, 0.6) is 0 Å². The average molecular weight is 337 g/mol. The molecule has 0 aliphatic rings. The molecule has 1 heterocycles. The molecule has 0 fully saturated rings. The highest BCUT2D eigenvalue weighted by molar-refractivity contribution is 6.32. The zero-order valence-corrected chi connectivity index (χ0v) is 12.2. The molecule has 0 aliphatic heterocycles. The van der Waals surface area contributed by atoms with Gasteiger partial charge in [0.15, 0.2) is 17.9 Å². The van der Waals surface area contributed by atoms with Crippen molar-refractivity contribution < 1.29 is 18.0 Å². The first kappa shape index (κ1) is 15.3. The lowest BCUT2D eigenvalue weighted by molar-refractivity contribution is 0.112. The van der Waals surface area contributed by atoms with Crippen molar-refractivity contribution in [3.63, 3.8) is 0 Å². The van der Waals surface area contributed by atoms with Crippen LogP contribution in [0.4, 0.5) is 13.2 Å². The second-order valence-corrected chi connectivity index (χ2v) is 4.99. The van der Waals surface area contributed by atoms with E-state index in [2.05, 4.69) is 5.10 Å². The Kier molecular flexibility index (Phi) is 3.92. The van der Waals surface area contributed by atoms with Gasteiger partial charge >= 0.3 is 0 Å². The molecule has 0 saturated heterocycles. The molecule has 0 amide bonds. The molecule has 1 aromatic heterocycles. The van der Waals surface area contributed by atoms with Crippen LogP contribution in [0.3, 0.4) is 0 Å². The van der Waals surface area contributed by atoms with Gasteiger partial charge in [-0.05, 0) is 24.3 Å². The van der Waals surface area contributed by atoms with Crippen LogP contribution in [0.2, 0.25) is 5.15 Å². The second-order valence-electron chi connectivity index (χ2n) is 4.64. The van der Waals surface area contributed by atoms with Crippen molar-refractivity contribution >= 4 is 17.9 Å². The van der Waals surface area contributed by atoms with Crippen LogP contribution >= 0.6 is 11.6 Å². The molecule has 7 heteroatoms. The molecule has 2 aromatic carbocycles. The average Bonchev–Trinajstić information content (AvgIpc) is 2.87. The summed E-state index contributed by atoms with van der Waals surface area (Å²) in [5, 5.41) is 3.80. The molecule has 0 unspecified atom stereocenters. The second kappa shape index (κ2) is 5.89. The van der Waals surface area contributed by atoms with E-state index in [1.165, 1.54) is 30.3 Å². The van der Waals surface area contributed by atoms with Crippen molar-refractivity contribution in [3.8, 4) is 16.9 Å². The number of para-hydroxylation sites is 1. The summed E-state index contributed by atoms with van der Waals surface area (Å²) >= 11 is 6.06. The van der Waals surface area contributed by atoms with E-state index >= 15 is 0 Å². The van der Waals surface area contributed by atoms with E-state index in [1.54, 1.807) is 6.07 Å². The van der Waals surface area contributed by atoms with E-state index in [-0.39, 0.29) is 27.7 Å². The number of nitrogens with zero attached hydrogens (tertiary/aromatic N) is 2. The molecule has 3 aromatic rings. The molecular formula is C16H8ClF3N2O. The lowest BCUT2D eigenvalue weighted by Crippen LogP contribution is -2.00. The lowest BCUT2D eigenvalue weighted by Gasteiger charge is -2.04. The van der Waals surface area contributed by atoms with E-state index in [4.69, 9.17) is 11.6 Å². The van der Waals surface area contributed by atoms with Crippen molar-refractivity contribution in [1.29, 1.82) is 0 Å². The van der Waals surface area contributed by atoms with Crippen LogP contribution in [0, 0.1) is 17.5 Å². The molecule has 0 bridgehead atoms. The minimum absolute atomic E-state index is 0.0105. The molecule has 0 aliphatic carbocycles. The summed E-state index contributed by atoms with van der Waals surface area (Å²) in [6.45, 7) is 0. The van der Waals surface area contributed by atoms with Gasteiger partial charge in [0.2, 0.25) is 0 Å². The molecule has 23 heavy (non-hydrogen) atoms. The number of aldehydes is 1. The van der Waals surface area contributed by atoms with Gasteiger partial charge in [0.25, 0.3) is 0 Å². The summed E-state index contributed by atoms with van der Waals surface area (Å²) in [7, 11) is 0. The fourth-order valence-corrected chi connectivity index (χ4v) is 2.45. The smallest absolute Gasteiger partial charge is 0.168 e. The third-order valence-corrected chi connectivity index (χ3v) is 3.63. The van der Waals surface area contributed by atoms with Gasteiger partial charge in [0.05, 0.1) is 5.56 Å². The Bertz CT molecular complexity index is 908. The van der Waals surface area contributed by atoms with Crippen LogP contribution in [0.1, 0.15) is 10.4 Å². The molecule has 0 atom stereocenters. The molecule has 0 N–H and O–H groups in total. The van der Waals surface area contributed by atoms with Crippen LogP contribution in [0.15, 0.2) is 42.5 Å². The van der Waals surface area contributed by atoms with Gasteiger partial charge < -0.3 is 0 Å². The molecule has 0 radical (unpaired) electrons. The minimum Gasteiger partial charge on any atom is -0.298 e. The summed E-state index contributed by atoms with van der Waals surface area (Å²) in [6.07, 6.45) is 0.367. The molecule has 116 valence electrons. The van der Waals surface area contributed by atoms with Gasteiger partial charge in [-0.2, -0.15) is 5.10 Å². The maximum atomic E-state index is 14.0. The maximum absolute atomic E-state index is 14.0. The number of aromatic nitrogens is 2. The zero-order chi connectivity index (χ0) is 16.6. The maximum Gasteiger partial charge on any atom is 0.168 e. The van der Waals surface area contributed by atoms with E-state index in [1.807, 2.05) is 0 Å². The summed E-state index contributed by atoms with van der Waals surface area (Å²) in [6, 6.07) is 9.09. The standard InChI is InChI=1S/C16H8ClF3N2O/c17-16-10(8-23)15(9-4-3-6-12(19)14(9)20)21-22(16)13-7-2-1-5-11(13)18/h1-8H. The predicted molar refractivity (Wildman–Crippen MR) is 79.3 cm³/mol. The molecule has 0 spiro atoms. The Labute approximate surface area is 133 Å². The van der Waals surface area contributed by atoms with Gasteiger partial charge in [-0.1, -0.05) is 29.8 Å². The van der Waals surface area contributed by atoms with Crippen LogP contribution in [-0.4, -0.2) is 16.1 Å². The van der Waals surface area contributed by atoms with Crippen molar-refractivity contribution in [2.24, 2.45) is 0 Å². The van der Waals surface area contributed by atoms with Crippen LogP contribution in [-0.2, 0) is 0 Å². The van der Waals surface area contributed by atoms with Crippen LogP contribution in [0.25, 0.3) is 16.9 Å². The van der Waals surface area contributed by atoms with Crippen molar-refractivity contribution in [3.05, 3.63) is 70.6 Å². The number of rotatable bonds is 3. The first-order valence-corrected chi connectivity index (χ1v) is 6.85. The molecule has 3 nitrogen and oxygen atoms in total. The topological polar surface area (TPSA) is 34.9 Å². The van der Waals surface area contributed by atoms with Gasteiger partial charge in [0.1, 0.15) is 22.4 Å². The largest absolute Gasteiger partial charge is 0.298 e. The third kappa shape index (κ3) is 2.51. The number of benzene rings is 2. The minimum atomic E-state index is -1.16. The Morgan fingerprint density at radius 2 is 1.70 bits per heavy atom. The fourth-order valence-electron chi connectivity index (χ4n) is 2.18. The first-order chi connectivity index (χ1) is 11.0.